The standard InChI is InChI=1S/C42H56Cl2N2O7S/c1-29-21-37(43)39(38(44)22-29)52-19-18-51-35-14-10-30(11-15-35)24-33(27-45-41(48)53-42(2,3)4)40(47)46(34-12-13-34)28-32-23-31(9-7-16-49-5)25-36(26-32)50-17-8-20-54-6/h10-11,14-15,21-23,25-26,33-34H,7-9,12-13,16-20,24,27-28H2,1-6H3,(H,45,48). The zero-order chi connectivity index (χ0) is 39.1. The highest BCUT2D eigenvalue weighted by atomic mass is 35.5. The van der Waals surface area contributed by atoms with Crippen LogP contribution in [0, 0.1) is 12.8 Å². The average Bonchev–Trinajstić information content (AvgIpc) is 3.95. The van der Waals surface area contributed by atoms with E-state index >= 15 is 0 Å². The zero-order valence-corrected chi connectivity index (χ0v) is 34.8. The quantitative estimate of drug-likeness (QED) is 0.101. The van der Waals surface area contributed by atoms with Crippen LogP contribution in [0.1, 0.15) is 68.7 Å². The van der Waals surface area contributed by atoms with Gasteiger partial charge in [0, 0.05) is 32.8 Å². The number of alkyl carbamates (subject to hydrolysis) is 1. The van der Waals surface area contributed by atoms with Crippen molar-refractivity contribution in [3.8, 4) is 17.2 Å². The van der Waals surface area contributed by atoms with E-state index in [1.54, 1.807) is 31.0 Å². The zero-order valence-electron chi connectivity index (χ0n) is 32.5. The third kappa shape index (κ3) is 15.1. The van der Waals surface area contributed by atoms with Crippen LogP contribution in [-0.4, -0.2) is 80.6 Å². The molecule has 0 saturated heterocycles. The third-order valence-electron chi connectivity index (χ3n) is 8.61. The van der Waals surface area contributed by atoms with Gasteiger partial charge >= 0.3 is 6.09 Å². The molecule has 0 aliphatic heterocycles. The molecule has 0 radical (unpaired) electrons. The summed E-state index contributed by atoms with van der Waals surface area (Å²) in [5.41, 5.74) is 3.42. The minimum atomic E-state index is -0.660. The predicted molar refractivity (Wildman–Crippen MR) is 219 cm³/mol. The van der Waals surface area contributed by atoms with Crippen molar-refractivity contribution in [2.75, 3.05) is 52.1 Å². The van der Waals surface area contributed by atoms with Gasteiger partial charge in [-0.2, -0.15) is 11.8 Å². The van der Waals surface area contributed by atoms with Crippen molar-refractivity contribution in [3.63, 3.8) is 0 Å². The van der Waals surface area contributed by atoms with Crippen LogP contribution in [-0.2, 0) is 33.7 Å². The molecule has 1 unspecified atom stereocenters. The van der Waals surface area contributed by atoms with Crippen molar-refractivity contribution >= 4 is 47.0 Å². The van der Waals surface area contributed by atoms with Gasteiger partial charge in [-0.3, -0.25) is 4.79 Å². The number of aryl methyl sites for hydroxylation is 2. The summed E-state index contributed by atoms with van der Waals surface area (Å²) in [5, 5.41) is 3.78. The molecule has 1 atom stereocenters. The summed E-state index contributed by atoms with van der Waals surface area (Å²) in [6, 6.07) is 17.7. The molecule has 1 fully saturated rings. The van der Waals surface area contributed by atoms with E-state index in [-0.39, 0.29) is 31.7 Å². The molecule has 1 aliphatic carbocycles. The Hall–Kier alpha value is -3.31. The van der Waals surface area contributed by atoms with Gasteiger partial charge < -0.3 is 33.9 Å². The number of carbonyl (C=O) groups is 2. The molecule has 0 heterocycles. The molecule has 1 aliphatic rings. The lowest BCUT2D eigenvalue weighted by atomic mass is 9.97. The Balaban J connectivity index is 1.46. The molecule has 3 aromatic rings. The van der Waals surface area contributed by atoms with Crippen LogP contribution in [0.4, 0.5) is 4.79 Å². The van der Waals surface area contributed by atoms with Crippen molar-refractivity contribution < 1.29 is 33.3 Å². The monoisotopic (exact) mass is 802 g/mol. The summed E-state index contributed by atoms with van der Waals surface area (Å²) < 4.78 is 28.7. The predicted octanol–water partition coefficient (Wildman–Crippen LogP) is 9.35. The summed E-state index contributed by atoms with van der Waals surface area (Å²) in [6.45, 7) is 9.82. The highest BCUT2D eigenvalue weighted by Crippen LogP contribution is 2.34. The van der Waals surface area contributed by atoms with E-state index in [1.165, 1.54) is 0 Å². The number of carbonyl (C=O) groups excluding carboxylic acids is 2. The molecule has 3 aromatic carbocycles. The Kier molecular flexibility index (Phi) is 17.4. The van der Waals surface area contributed by atoms with Gasteiger partial charge in [-0.25, -0.2) is 4.79 Å². The molecule has 0 spiro atoms. The first kappa shape index (κ1) is 43.4. The number of benzene rings is 3. The number of ether oxygens (including phenoxy) is 5. The van der Waals surface area contributed by atoms with E-state index in [0.717, 1.165) is 65.9 Å². The van der Waals surface area contributed by atoms with Gasteiger partial charge in [0.15, 0.2) is 5.75 Å². The fourth-order valence-corrected chi connectivity index (χ4v) is 7.08. The molecular formula is C42H56Cl2N2O7S. The van der Waals surface area contributed by atoms with E-state index in [9.17, 15) is 9.59 Å². The largest absolute Gasteiger partial charge is 0.494 e. The van der Waals surface area contributed by atoms with Gasteiger partial charge in [0.25, 0.3) is 0 Å². The maximum Gasteiger partial charge on any atom is 0.407 e. The number of amides is 2. The van der Waals surface area contributed by atoms with Gasteiger partial charge in [0.1, 0.15) is 30.3 Å². The van der Waals surface area contributed by atoms with Gasteiger partial charge in [-0.15, -0.1) is 0 Å². The van der Waals surface area contributed by atoms with E-state index in [4.69, 9.17) is 46.9 Å². The average molecular weight is 804 g/mol. The Morgan fingerprint density at radius 2 is 1.54 bits per heavy atom. The van der Waals surface area contributed by atoms with Crippen LogP contribution in [0.2, 0.25) is 10.0 Å². The first-order valence-electron chi connectivity index (χ1n) is 18.7. The first-order valence-corrected chi connectivity index (χ1v) is 20.8. The number of nitrogens with one attached hydrogen (secondary N) is 1. The molecule has 0 bridgehead atoms. The topological polar surface area (TPSA) is 95.6 Å². The maximum atomic E-state index is 14.5. The van der Waals surface area contributed by atoms with Gasteiger partial charge in [-0.05, 0) is 137 Å². The lowest BCUT2D eigenvalue weighted by Gasteiger charge is -2.29. The summed E-state index contributed by atoms with van der Waals surface area (Å²) in [7, 11) is 1.71. The lowest BCUT2D eigenvalue weighted by Crippen LogP contribution is -2.44. The van der Waals surface area contributed by atoms with Crippen LogP contribution in [0.5, 0.6) is 17.2 Å². The summed E-state index contributed by atoms with van der Waals surface area (Å²) in [4.78, 5) is 29.2. The van der Waals surface area contributed by atoms with E-state index in [1.807, 2.05) is 56.9 Å². The van der Waals surface area contributed by atoms with E-state index in [0.29, 0.717) is 47.7 Å². The number of halogens is 2. The highest BCUT2D eigenvalue weighted by Gasteiger charge is 2.36. The third-order valence-corrected chi connectivity index (χ3v) is 9.87. The van der Waals surface area contributed by atoms with Crippen LogP contribution < -0.4 is 19.5 Å². The first-order chi connectivity index (χ1) is 25.8. The van der Waals surface area contributed by atoms with Crippen LogP contribution >= 0.6 is 35.0 Å². The van der Waals surface area contributed by atoms with Crippen molar-refractivity contribution in [1.82, 2.24) is 10.2 Å². The molecule has 9 nitrogen and oxygen atoms in total. The van der Waals surface area contributed by atoms with E-state index in [2.05, 4.69) is 29.8 Å². The Morgan fingerprint density at radius 1 is 0.870 bits per heavy atom. The molecule has 12 heteroatoms. The fourth-order valence-electron chi connectivity index (χ4n) is 5.97. The Bertz CT molecular complexity index is 1620. The SMILES string of the molecule is COCCCc1cc(CN(C(=O)C(CNC(=O)OC(C)(C)C)Cc2ccc(OCCOc3c(Cl)cc(C)cc3Cl)cc2)C2CC2)cc(OCCCSC)c1. The number of hydrogen-bond acceptors (Lipinski definition) is 8. The van der Waals surface area contributed by atoms with Crippen molar-refractivity contribution in [2.45, 2.75) is 84.4 Å². The maximum absolute atomic E-state index is 14.5. The molecular weight excluding hydrogens is 747 g/mol. The van der Waals surface area contributed by atoms with E-state index < -0.39 is 17.6 Å². The van der Waals surface area contributed by atoms with Crippen LogP contribution in [0.15, 0.2) is 54.6 Å². The van der Waals surface area contributed by atoms with Crippen molar-refractivity contribution in [1.29, 1.82) is 0 Å². The van der Waals surface area contributed by atoms with Crippen LogP contribution in [0.3, 0.4) is 0 Å². The fraction of sp³-hybridized carbons (Fsp3) is 0.524. The highest BCUT2D eigenvalue weighted by molar-refractivity contribution is 7.98. The summed E-state index contributed by atoms with van der Waals surface area (Å²) >= 11 is 14.4. The second-order valence-corrected chi connectivity index (χ2v) is 16.5. The number of hydrogen-bond donors (Lipinski definition) is 1. The van der Waals surface area contributed by atoms with Gasteiger partial charge in [-0.1, -0.05) is 41.4 Å². The molecule has 54 heavy (non-hydrogen) atoms. The Morgan fingerprint density at radius 3 is 2.19 bits per heavy atom. The normalized spacial score (nSPS) is 13.3. The molecule has 1 saturated carbocycles. The number of nitrogens with zero attached hydrogens (tertiary/aromatic N) is 1. The number of methoxy groups -OCH3 is 1. The number of thioether (sulfide) groups is 1. The molecule has 0 aromatic heterocycles. The molecule has 4 rings (SSSR count). The van der Waals surface area contributed by atoms with Crippen molar-refractivity contribution in [3.05, 3.63) is 86.9 Å². The minimum Gasteiger partial charge on any atom is -0.494 e. The summed E-state index contributed by atoms with van der Waals surface area (Å²) in [5.74, 6) is 2.43. The minimum absolute atomic E-state index is 0.00770. The second-order valence-electron chi connectivity index (χ2n) is 14.7. The smallest absolute Gasteiger partial charge is 0.407 e. The second kappa shape index (κ2) is 21.7. The van der Waals surface area contributed by atoms with Gasteiger partial charge in [0.2, 0.25) is 5.91 Å². The van der Waals surface area contributed by atoms with Crippen LogP contribution in [0.25, 0.3) is 0 Å². The summed E-state index contributed by atoms with van der Waals surface area (Å²) in [6.07, 6.45) is 6.57. The molecule has 1 N–H and O–H groups in total. The van der Waals surface area contributed by atoms with Crippen molar-refractivity contribution in [2.24, 2.45) is 5.92 Å². The lowest BCUT2D eigenvalue weighted by molar-refractivity contribution is -0.136. The number of rotatable bonds is 22. The Labute approximate surface area is 335 Å². The molecule has 296 valence electrons. The van der Waals surface area contributed by atoms with Gasteiger partial charge in [0.05, 0.1) is 22.6 Å². The molecule has 2 amide bonds.